The van der Waals surface area contributed by atoms with Gasteiger partial charge in [0, 0.05) is 12.5 Å². The molecule has 0 unspecified atom stereocenters. The Morgan fingerprint density at radius 3 is 2.12 bits per heavy atom. The molecule has 1 atom stereocenters. The summed E-state index contributed by atoms with van der Waals surface area (Å²) >= 11 is 0. The maximum atomic E-state index is 11.9. The van der Waals surface area contributed by atoms with Gasteiger partial charge in [-0.05, 0) is 12.3 Å². The van der Waals surface area contributed by atoms with Crippen LogP contribution in [0.2, 0.25) is 0 Å². The van der Waals surface area contributed by atoms with Crippen LogP contribution in [0.25, 0.3) is 0 Å². The molecule has 0 heterocycles. The van der Waals surface area contributed by atoms with Crippen molar-refractivity contribution in [3.63, 3.8) is 0 Å². The first-order valence-corrected chi connectivity index (χ1v) is 6.66. The number of hydrogen-bond acceptors (Lipinski definition) is 2. The number of carbonyl (C=O) groups is 1. The number of unbranched alkanes of at least 4 members (excludes halogenated alkanes) is 3. The Labute approximate surface area is 101 Å². The van der Waals surface area contributed by atoms with Crippen LogP contribution in [-0.4, -0.2) is 18.5 Å². The van der Waals surface area contributed by atoms with Gasteiger partial charge in [-0.1, -0.05) is 53.9 Å². The van der Waals surface area contributed by atoms with Crippen LogP contribution < -0.4 is 0 Å². The molecule has 0 rings (SSSR count). The van der Waals surface area contributed by atoms with Crippen molar-refractivity contribution in [1.82, 2.24) is 0 Å². The zero-order chi connectivity index (χ0) is 12.6. The molecule has 0 amide bonds. The summed E-state index contributed by atoms with van der Waals surface area (Å²) in [4.78, 5) is 11.9. The van der Waals surface area contributed by atoms with E-state index in [4.69, 9.17) is 4.74 Å². The van der Waals surface area contributed by atoms with Gasteiger partial charge in [0.15, 0.2) is 5.78 Å². The first-order valence-electron chi connectivity index (χ1n) is 6.66. The predicted octanol–water partition coefficient (Wildman–Crippen LogP) is 3.83. The van der Waals surface area contributed by atoms with Crippen LogP contribution in [0.1, 0.15) is 60.3 Å². The Hall–Kier alpha value is -0.370. The van der Waals surface area contributed by atoms with E-state index >= 15 is 0 Å². The molecule has 0 aliphatic heterocycles. The van der Waals surface area contributed by atoms with E-state index in [2.05, 4.69) is 20.8 Å². The molecule has 0 aromatic carbocycles. The highest BCUT2D eigenvalue weighted by Crippen LogP contribution is 2.14. The summed E-state index contributed by atoms with van der Waals surface area (Å²) in [6.07, 6.45) is 4.56. The van der Waals surface area contributed by atoms with E-state index in [0.717, 1.165) is 13.0 Å². The van der Waals surface area contributed by atoms with E-state index in [9.17, 15) is 4.79 Å². The van der Waals surface area contributed by atoms with E-state index in [-0.39, 0.29) is 23.7 Å². The van der Waals surface area contributed by atoms with E-state index in [1.54, 1.807) is 0 Å². The van der Waals surface area contributed by atoms with Crippen molar-refractivity contribution in [2.75, 3.05) is 6.61 Å². The molecule has 96 valence electrons. The highest BCUT2D eigenvalue weighted by molar-refractivity contribution is 5.85. The first-order chi connectivity index (χ1) is 7.50. The summed E-state index contributed by atoms with van der Waals surface area (Å²) in [7, 11) is 0. The lowest BCUT2D eigenvalue weighted by Gasteiger charge is -2.22. The summed E-state index contributed by atoms with van der Waals surface area (Å²) in [5, 5.41) is 0. The second-order valence-corrected chi connectivity index (χ2v) is 5.15. The van der Waals surface area contributed by atoms with E-state index in [1.807, 2.05) is 13.8 Å². The zero-order valence-corrected chi connectivity index (χ0v) is 11.6. The Morgan fingerprint density at radius 2 is 1.69 bits per heavy atom. The molecule has 0 aliphatic carbocycles. The highest BCUT2D eigenvalue weighted by Gasteiger charge is 2.24. The molecule has 0 bridgehead atoms. The van der Waals surface area contributed by atoms with Gasteiger partial charge in [-0.25, -0.2) is 0 Å². The number of rotatable bonds is 9. The maximum absolute atomic E-state index is 11.9. The molecular formula is C14H28O2. The molecule has 0 N–H and O–H groups in total. The van der Waals surface area contributed by atoms with Crippen molar-refractivity contribution in [3.8, 4) is 0 Å². The van der Waals surface area contributed by atoms with Crippen LogP contribution >= 0.6 is 0 Å². The second kappa shape index (κ2) is 8.74. The van der Waals surface area contributed by atoms with Crippen LogP contribution in [0, 0.1) is 11.8 Å². The van der Waals surface area contributed by atoms with Gasteiger partial charge < -0.3 is 4.74 Å². The summed E-state index contributed by atoms with van der Waals surface area (Å²) in [6, 6.07) is 0. The third kappa shape index (κ3) is 6.26. The third-order valence-corrected chi connectivity index (χ3v) is 2.75. The van der Waals surface area contributed by atoms with Gasteiger partial charge in [0.05, 0.1) is 0 Å². The van der Waals surface area contributed by atoms with Gasteiger partial charge >= 0.3 is 0 Å². The zero-order valence-electron chi connectivity index (χ0n) is 11.6. The van der Waals surface area contributed by atoms with E-state index in [1.165, 1.54) is 19.3 Å². The average Bonchev–Trinajstić information content (AvgIpc) is 2.21. The smallest absolute Gasteiger partial charge is 0.164 e. The number of carbonyl (C=O) groups excluding carboxylic acids is 1. The fraction of sp³-hybridized carbons (Fsp3) is 0.929. The number of Topliss-reactive ketones (excluding diaryl/α,β-unsaturated/α-hetero) is 1. The van der Waals surface area contributed by atoms with Crippen molar-refractivity contribution in [1.29, 1.82) is 0 Å². The van der Waals surface area contributed by atoms with Crippen molar-refractivity contribution >= 4 is 5.78 Å². The molecule has 0 saturated heterocycles. The van der Waals surface area contributed by atoms with Crippen LogP contribution in [0.3, 0.4) is 0 Å². The topological polar surface area (TPSA) is 26.3 Å². The van der Waals surface area contributed by atoms with Crippen LogP contribution in [0.15, 0.2) is 0 Å². The molecule has 0 radical (unpaired) electrons. The van der Waals surface area contributed by atoms with Gasteiger partial charge in [0.25, 0.3) is 0 Å². The average molecular weight is 228 g/mol. The van der Waals surface area contributed by atoms with Gasteiger partial charge in [0.2, 0.25) is 0 Å². The number of ether oxygens (including phenoxy) is 1. The van der Waals surface area contributed by atoms with Gasteiger partial charge in [-0.15, -0.1) is 0 Å². The molecular weight excluding hydrogens is 200 g/mol. The highest BCUT2D eigenvalue weighted by atomic mass is 16.5. The largest absolute Gasteiger partial charge is 0.370 e. The molecule has 16 heavy (non-hydrogen) atoms. The maximum Gasteiger partial charge on any atom is 0.164 e. The first kappa shape index (κ1) is 15.6. The lowest BCUT2D eigenvalue weighted by Crippen LogP contribution is -2.33. The lowest BCUT2D eigenvalue weighted by atomic mass is 9.95. The number of ketones is 1. The van der Waals surface area contributed by atoms with E-state index in [0.29, 0.717) is 0 Å². The summed E-state index contributed by atoms with van der Waals surface area (Å²) < 4.78 is 5.72. The standard InChI is InChI=1S/C14H28O2/c1-6-7-8-9-10-16-14(12(4)5)13(15)11(2)3/h11-12,14H,6-10H2,1-5H3/t14-/m0/s1. The summed E-state index contributed by atoms with van der Waals surface area (Å²) in [5.74, 6) is 0.592. The Morgan fingerprint density at radius 1 is 1.06 bits per heavy atom. The van der Waals surface area contributed by atoms with E-state index < -0.39 is 0 Å². The quantitative estimate of drug-likeness (QED) is 0.561. The SMILES string of the molecule is CCCCCCO[C@H](C(=O)C(C)C)C(C)C. The van der Waals surface area contributed by atoms with Crippen molar-refractivity contribution in [2.45, 2.75) is 66.4 Å². The minimum Gasteiger partial charge on any atom is -0.370 e. The van der Waals surface area contributed by atoms with Crippen molar-refractivity contribution < 1.29 is 9.53 Å². The Kier molecular flexibility index (Phi) is 8.54. The van der Waals surface area contributed by atoms with Gasteiger partial charge in [-0.2, -0.15) is 0 Å². The Bertz CT molecular complexity index is 185. The van der Waals surface area contributed by atoms with Crippen molar-refractivity contribution in [3.05, 3.63) is 0 Å². The van der Waals surface area contributed by atoms with Gasteiger partial charge in [0.1, 0.15) is 6.10 Å². The van der Waals surface area contributed by atoms with Crippen LogP contribution in [-0.2, 0) is 9.53 Å². The lowest BCUT2D eigenvalue weighted by molar-refractivity contribution is -0.136. The second-order valence-electron chi connectivity index (χ2n) is 5.15. The molecule has 2 heteroatoms. The fourth-order valence-electron chi connectivity index (χ4n) is 1.67. The molecule has 0 saturated carbocycles. The molecule has 0 aromatic heterocycles. The monoisotopic (exact) mass is 228 g/mol. The molecule has 2 nitrogen and oxygen atoms in total. The molecule has 0 fully saturated rings. The number of hydrogen-bond donors (Lipinski definition) is 0. The molecule has 0 spiro atoms. The normalized spacial score (nSPS) is 13.4. The van der Waals surface area contributed by atoms with Gasteiger partial charge in [-0.3, -0.25) is 4.79 Å². The van der Waals surface area contributed by atoms with Crippen LogP contribution in [0.5, 0.6) is 0 Å². The summed E-state index contributed by atoms with van der Waals surface area (Å²) in [6.45, 7) is 10.9. The Balaban J connectivity index is 3.91. The third-order valence-electron chi connectivity index (χ3n) is 2.75. The van der Waals surface area contributed by atoms with Crippen LogP contribution in [0.4, 0.5) is 0 Å². The minimum atomic E-state index is -0.207. The molecule has 0 aromatic rings. The minimum absolute atomic E-state index is 0.0723. The fourth-order valence-corrected chi connectivity index (χ4v) is 1.67. The summed E-state index contributed by atoms with van der Waals surface area (Å²) in [5.41, 5.74) is 0. The van der Waals surface area contributed by atoms with Crippen molar-refractivity contribution in [2.24, 2.45) is 11.8 Å². The predicted molar refractivity (Wildman–Crippen MR) is 68.6 cm³/mol. The molecule has 0 aliphatic rings.